The van der Waals surface area contributed by atoms with E-state index in [1.165, 1.54) is 0 Å². The molecule has 2 amide bonds. The lowest BCUT2D eigenvalue weighted by Crippen LogP contribution is -2.32. The van der Waals surface area contributed by atoms with Crippen LogP contribution in [0.1, 0.15) is 19.8 Å². The summed E-state index contributed by atoms with van der Waals surface area (Å²) >= 11 is 11.7. The van der Waals surface area contributed by atoms with Crippen molar-refractivity contribution in [3.63, 3.8) is 0 Å². The third-order valence-corrected chi connectivity index (χ3v) is 2.69. The maximum Gasteiger partial charge on any atom is 0.243 e. The first-order chi connectivity index (χ1) is 8.52. The summed E-state index contributed by atoms with van der Waals surface area (Å²) < 4.78 is 0. The van der Waals surface area contributed by atoms with Crippen LogP contribution in [0.3, 0.4) is 0 Å². The fourth-order valence-electron chi connectivity index (χ4n) is 1.28. The second-order valence-electron chi connectivity index (χ2n) is 3.70. The highest BCUT2D eigenvalue weighted by atomic mass is 35.5. The molecule has 0 bridgehead atoms. The summed E-state index contributed by atoms with van der Waals surface area (Å²) in [5.74, 6) is -0.492. The van der Waals surface area contributed by atoms with Crippen molar-refractivity contribution in [3.05, 3.63) is 28.2 Å². The van der Waals surface area contributed by atoms with Crippen LogP contribution >= 0.6 is 23.2 Å². The first-order valence-electron chi connectivity index (χ1n) is 5.54. The van der Waals surface area contributed by atoms with Crippen molar-refractivity contribution >= 4 is 40.7 Å². The smallest absolute Gasteiger partial charge is 0.243 e. The number of halogens is 2. The van der Waals surface area contributed by atoms with Gasteiger partial charge in [-0.15, -0.1) is 0 Å². The Morgan fingerprint density at radius 1 is 1.22 bits per heavy atom. The lowest BCUT2D eigenvalue weighted by molar-refractivity contribution is -0.124. The molecule has 0 radical (unpaired) electrons. The SMILES string of the molecule is CCCC(=O)NCC(=O)Nc1cc(Cl)ccc1Cl. The van der Waals surface area contributed by atoms with Crippen molar-refractivity contribution in [1.82, 2.24) is 5.32 Å². The van der Waals surface area contributed by atoms with Crippen LogP contribution in [0.2, 0.25) is 10.0 Å². The summed E-state index contributed by atoms with van der Waals surface area (Å²) in [5, 5.41) is 5.96. The van der Waals surface area contributed by atoms with Crippen molar-refractivity contribution in [2.45, 2.75) is 19.8 Å². The molecule has 1 aromatic rings. The molecule has 98 valence electrons. The van der Waals surface area contributed by atoms with Gasteiger partial charge in [-0.05, 0) is 24.6 Å². The number of anilines is 1. The molecule has 0 saturated heterocycles. The lowest BCUT2D eigenvalue weighted by Gasteiger charge is -2.08. The largest absolute Gasteiger partial charge is 0.347 e. The molecule has 0 spiro atoms. The predicted molar refractivity (Wildman–Crippen MR) is 73.0 cm³/mol. The molecule has 0 aliphatic heterocycles. The van der Waals surface area contributed by atoms with Gasteiger partial charge in [-0.2, -0.15) is 0 Å². The van der Waals surface area contributed by atoms with Crippen LogP contribution in [0.15, 0.2) is 18.2 Å². The molecule has 1 aromatic carbocycles. The standard InChI is InChI=1S/C12H14Cl2N2O2/c1-2-3-11(17)15-7-12(18)16-10-6-8(13)4-5-9(10)14/h4-6H,2-3,7H2,1H3,(H,15,17)(H,16,18). The summed E-state index contributed by atoms with van der Waals surface area (Å²) in [7, 11) is 0. The summed E-state index contributed by atoms with van der Waals surface area (Å²) in [6.07, 6.45) is 1.15. The second-order valence-corrected chi connectivity index (χ2v) is 4.54. The van der Waals surface area contributed by atoms with Gasteiger partial charge < -0.3 is 10.6 Å². The van der Waals surface area contributed by atoms with Crippen molar-refractivity contribution < 1.29 is 9.59 Å². The Labute approximate surface area is 116 Å². The van der Waals surface area contributed by atoms with Crippen LogP contribution in [0.4, 0.5) is 5.69 Å². The maximum atomic E-state index is 11.6. The number of carbonyl (C=O) groups is 2. The van der Waals surface area contributed by atoms with E-state index < -0.39 is 0 Å². The Bertz CT molecular complexity index is 450. The molecule has 1 rings (SSSR count). The Hall–Kier alpha value is -1.26. The van der Waals surface area contributed by atoms with Crippen molar-refractivity contribution in [1.29, 1.82) is 0 Å². The second kappa shape index (κ2) is 7.24. The quantitative estimate of drug-likeness (QED) is 0.875. The van der Waals surface area contributed by atoms with Gasteiger partial charge in [0.1, 0.15) is 0 Å². The Morgan fingerprint density at radius 2 is 1.94 bits per heavy atom. The molecule has 0 heterocycles. The molecular formula is C12H14Cl2N2O2. The highest BCUT2D eigenvalue weighted by Crippen LogP contribution is 2.25. The van der Waals surface area contributed by atoms with Gasteiger partial charge in [-0.1, -0.05) is 30.1 Å². The molecule has 0 unspecified atom stereocenters. The van der Waals surface area contributed by atoms with Crippen molar-refractivity contribution in [2.24, 2.45) is 0 Å². The van der Waals surface area contributed by atoms with E-state index in [2.05, 4.69) is 10.6 Å². The number of hydrogen-bond donors (Lipinski definition) is 2. The number of amides is 2. The van der Waals surface area contributed by atoms with Gasteiger partial charge in [0.15, 0.2) is 0 Å². The topological polar surface area (TPSA) is 58.2 Å². The van der Waals surface area contributed by atoms with E-state index >= 15 is 0 Å². The van der Waals surface area contributed by atoms with E-state index in [9.17, 15) is 9.59 Å². The van der Waals surface area contributed by atoms with Gasteiger partial charge in [0, 0.05) is 11.4 Å². The first kappa shape index (κ1) is 14.8. The van der Waals surface area contributed by atoms with E-state index in [4.69, 9.17) is 23.2 Å². The van der Waals surface area contributed by atoms with E-state index in [1.54, 1.807) is 18.2 Å². The average molecular weight is 289 g/mol. The van der Waals surface area contributed by atoms with Crippen LogP contribution in [0.5, 0.6) is 0 Å². The third-order valence-electron chi connectivity index (χ3n) is 2.13. The minimum atomic E-state index is -0.344. The Morgan fingerprint density at radius 3 is 2.61 bits per heavy atom. The van der Waals surface area contributed by atoms with Crippen LogP contribution in [-0.4, -0.2) is 18.4 Å². The zero-order valence-corrected chi connectivity index (χ0v) is 11.4. The van der Waals surface area contributed by atoms with Crippen molar-refractivity contribution in [2.75, 3.05) is 11.9 Å². The monoisotopic (exact) mass is 288 g/mol. The minimum absolute atomic E-state index is 0.0817. The number of nitrogens with one attached hydrogen (secondary N) is 2. The normalized spacial score (nSPS) is 9.94. The van der Waals surface area contributed by atoms with Gasteiger partial charge in [-0.25, -0.2) is 0 Å². The van der Waals surface area contributed by atoms with Gasteiger partial charge >= 0.3 is 0 Å². The molecule has 0 fully saturated rings. The van der Waals surface area contributed by atoms with Crippen LogP contribution in [0.25, 0.3) is 0 Å². The Balaban J connectivity index is 2.49. The van der Waals surface area contributed by atoms with Crippen molar-refractivity contribution in [3.8, 4) is 0 Å². The molecule has 0 aromatic heterocycles. The zero-order valence-electron chi connectivity index (χ0n) is 9.93. The molecule has 6 heteroatoms. The van der Waals surface area contributed by atoms with E-state index in [0.29, 0.717) is 22.2 Å². The molecule has 18 heavy (non-hydrogen) atoms. The molecule has 4 nitrogen and oxygen atoms in total. The first-order valence-corrected chi connectivity index (χ1v) is 6.30. The van der Waals surface area contributed by atoms with Crippen LogP contribution < -0.4 is 10.6 Å². The minimum Gasteiger partial charge on any atom is -0.347 e. The summed E-state index contributed by atoms with van der Waals surface area (Å²) in [5.41, 5.74) is 0.430. The van der Waals surface area contributed by atoms with Crippen LogP contribution in [-0.2, 0) is 9.59 Å². The molecule has 0 atom stereocenters. The number of hydrogen-bond acceptors (Lipinski definition) is 2. The van der Waals surface area contributed by atoms with Gasteiger partial charge in [0.2, 0.25) is 11.8 Å². The summed E-state index contributed by atoms with van der Waals surface area (Å²) in [6.45, 7) is 1.81. The van der Waals surface area contributed by atoms with E-state index in [-0.39, 0.29) is 18.4 Å². The van der Waals surface area contributed by atoms with Gasteiger partial charge in [-0.3, -0.25) is 9.59 Å². The van der Waals surface area contributed by atoms with E-state index in [0.717, 1.165) is 6.42 Å². The van der Waals surface area contributed by atoms with Gasteiger partial charge in [0.25, 0.3) is 0 Å². The van der Waals surface area contributed by atoms with Crippen LogP contribution in [0, 0.1) is 0 Å². The molecular weight excluding hydrogens is 275 g/mol. The number of benzene rings is 1. The predicted octanol–water partition coefficient (Wildman–Crippen LogP) is 2.85. The van der Waals surface area contributed by atoms with Gasteiger partial charge in [0.05, 0.1) is 17.3 Å². The Kier molecular flexibility index (Phi) is 5.95. The molecule has 0 aliphatic carbocycles. The zero-order chi connectivity index (χ0) is 13.5. The molecule has 0 saturated carbocycles. The highest BCUT2D eigenvalue weighted by molar-refractivity contribution is 6.35. The van der Waals surface area contributed by atoms with E-state index in [1.807, 2.05) is 6.92 Å². The molecule has 2 N–H and O–H groups in total. The highest BCUT2D eigenvalue weighted by Gasteiger charge is 2.08. The maximum absolute atomic E-state index is 11.6. The number of carbonyl (C=O) groups excluding carboxylic acids is 2. The lowest BCUT2D eigenvalue weighted by atomic mass is 10.3. The number of rotatable bonds is 5. The summed E-state index contributed by atoms with van der Waals surface area (Å²) in [6, 6.07) is 4.77. The average Bonchev–Trinajstić information content (AvgIpc) is 2.32. The fourth-order valence-corrected chi connectivity index (χ4v) is 1.62. The third kappa shape index (κ3) is 4.94. The summed E-state index contributed by atoms with van der Waals surface area (Å²) in [4.78, 5) is 22.7. The fraction of sp³-hybridized carbons (Fsp3) is 0.333. The molecule has 0 aliphatic rings.